The molecule has 0 aromatic heterocycles. The summed E-state index contributed by atoms with van der Waals surface area (Å²) >= 11 is 1.44. The molecule has 0 aromatic carbocycles. The first-order valence-corrected chi connectivity index (χ1v) is 10.9. The third-order valence-corrected chi connectivity index (χ3v) is 0. The van der Waals surface area contributed by atoms with E-state index >= 15 is 0 Å². The Morgan fingerprint density at radius 1 is 1.25 bits per heavy atom. The van der Waals surface area contributed by atoms with Crippen LogP contribution in [0, 0.1) is 38.5 Å². The van der Waals surface area contributed by atoms with E-state index in [1.54, 1.807) is 0 Å². The molecule has 0 N–H and O–H groups in total. The second-order valence-corrected chi connectivity index (χ2v) is 0. The molecule has 0 aliphatic rings. The average molecular weight is 205 g/mol. The molecule has 0 rings (SSSR count). The standard InChI is InChI=1S/Ce.Li.Mg.H3Si.3H/h;;;1H3;;;. The van der Waals surface area contributed by atoms with Crippen LogP contribution in [0.2, 0.25) is 0 Å². The first-order chi connectivity index (χ1) is 1.00. The van der Waals surface area contributed by atoms with Gasteiger partial charge in [-0.2, -0.15) is 0 Å². The molecule has 4 heteroatoms. The van der Waals surface area contributed by atoms with Gasteiger partial charge < -0.3 is 0 Å². The molecule has 0 bridgehead atoms. The Morgan fingerprint density at radius 3 is 1.25 bits per heavy atom. The summed E-state index contributed by atoms with van der Waals surface area (Å²) in [6.45, 7) is 0. The molecule has 0 aromatic rings. The van der Waals surface area contributed by atoms with E-state index in [1.807, 2.05) is 0 Å². The molecule has 0 saturated carbocycles. The van der Waals surface area contributed by atoms with Crippen molar-refractivity contribution in [3.8, 4) is 0 Å². The van der Waals surface area contributed by atoms with Gasteiger partial charge in [-0.25, -0.2) is 0 Å². The maximum absolute atomic E-state index is 1.44. The van der Waals surface area contributed by atoms with E-state index in [-0.39, 0.29) is 41.9 Å². The topological polar surface area (TPSA) is 0 Å². The maximum atomic E-state index is 1.44. The van der Waals surface area contributed by atoms with Crippen molar-refractivity contribution in [3.63, 3.8) is 0 Å². The van der Waals surface area contributed by atoms with Gasteiger partial charge in [-0.1, -0.05) is 0 Å². The fourth-order valence-electron chi connectivity index (χ4n) is 0. The van der Waals surface area contributed by atoms with E-state index < -0.39 is 0 Å². The fourth-order valence-corrected chi connectivity index (χ4v) is 0. The van der Waals surface area contributed by atoms with Crippen LogP contribution in [0.3, 0.4) is 0 Å². The number of hydrogen-bond donors (Lipinski definition) is 0. The molecule has 0 heterocycles. The molecule has 0 aliphatic heterocycles. The Hall–Kier alpha value is 2.96. The summed E-state index contributed by atoms with van der Waals surface area (Å²) in [6.07, 6.45) is 0. The van der Waals surface area contributed by atoms with E-state index in [4.69, 9.17) is 0 Å². The number of hydrogen-bond acceptors (Lipinski definition) is 0. The van der Waals surface area contributed by atoms with Crippen molar-refractivity contribution in [2.24, 2.45) is 0 Å². The molecule has 0 amide bonds. The first kappa shape index (κ1) is 15.8. The summed E-state index contributed by atoms with van der Waals surface area (Å²) < 4.78 is 1.44. The normalized spacial score (nSPS) is 1.75. The van der Waals surface area contributed by atoms with Gasteiger partial charge in [0.1, 0.15) is 0 Å². The Labute approximate surface area is 83.1 Å². The van der Waals surface area contributed by atoms with Crippen LogP contribution in [-0.2, 0) is 0 Å². The van der Waals surface area contributed by atoms with Gasteiger partial charge in [-0.3, -0.25) is 0 Å². The van der Waals surface area contributed by atoms with E-state index in [2.05, 4.69) is 0 Å². The van der Waals surface area contributed by atoms with Crippen LogP contribution in [0.15, 0.2) is 0 Å². The molecule has 0 aliphatic carbocycles. The molecule has 0 radical (unpaired) electrons. The molecule has 0 saturated heterocycles. The van der Waals surface area contributed by atoms with Gasteiger partial charge in [0.25, 0.3) is 0 Å². The van der Waals surface area contributed by atoms with Crippen molar-refractivity contribution in [3.05, 3.63) is 0 Å². The molecule has 0 fully saturated rings. The molecule has 0 nitrogen and oxygen atoms in total. The Kier molecular flexibility index (Phi) is 66.0. The molecule has 0 atom stereocenters. The van der Waals surface area contributed by atoms with Crippen molar-refractivity contribution in [1.82, 2.24) is 0 Å². The summed E-state index contributed by atoms with van der Waals surface area (Å²) in [5.74, 6) is 0. The van der Waals surface area contributed by atoms with E-state index in [9.17, 15) is 0 Å². The summed E-state index contributed by atoms with van der Waals surface area (Å²) in [7, 11) is 0. The second kappa shape index (κ2) is 16.7. The van der Waals surface area contributed by atoms with Crippen LogP contribution < -0.4 is 0 Å². The van der Waals surface area contributed by atoms with Crippen molar-refractivity contribution < 1.29 is 38.5 Å². The quantitative estimate of drug-likeness (QED) is 0.376. The molecule has 0 spiro atoms. The summed E-state index contributed by atoms with van der Waals surface area (Å²) in [5.41, 5.74) is 0. The van der Waals surface area contributed by atoms with Crippen LogP contribution in [0.5, 0.6) is 0 Å². The Morgan fingerprint density at radius 2 is 1.25 bits per heavy atom. The zero-order chi connectivity index (χ0) is 2.00. The van der Waals surface area contributed by atoms with Crippen molar-refractivity contribution in [2.75, 3.05) is 0 Å². The summed E-state index contributed by atoms with van der Waals surface area (Å²) in [6, 6.07) is 0. The third kappa shape index (κ3) is 8.88. The summed E-state index contributed by atoms with van der Waals surface area (Å²) in [5, 5.41) is 0. The second-order valence-electron chi connectivity index (χ2n) is 0. The van der Waals surface area contributed by atoms with Crippen LogP contribution >= 0.6 is 0 Å². The predicted octanol–water partition coefficient (Wildman–Crippen LogP) is -2.75. The van der Waals surface area contributed by atoms with Gasteiger partial charge in [0.05, 0.1) is 0 Å². The zero-order valence-electron chi connectivity index (χ0n) is 1.50. The minimum atomic E-state index is 0. The fraction of sp³-hybridized carbons (Fsp3) is 0. The van der Waals surface area contributed by atoms with Gasteiger partial charge in [0.15, 0.2) is 0 Å². The number of rotatable bonds is 0. The summed E-state index contributed by atoms with van der Waals surface area (Å²) in [4.78, 5) is 0. The van der Waals surface area contributed by atoms with E-state index in [0.29, 0.717) is 0 Å². The van der Waals surface area contributed by atoms with Crippen molar-refractivity contribution >= 4 is 46.6 Å². The van der Waals surface area contributed by atoms with Crippen molar-refractivity contribution in [1.29, 1.82) is 0 Å². The van der Waals surface area contributed by atoms with Gasteiger partial charge >= 0.3 is 85.1 Å². The van der Waals surface area contributed by atoms with E-state index in [0.717, 1.165) is 0 Å². The van der Waals surface area contributed by atoms with Gasteiger partial charge in [-0.15, -0.1) is 0 Å². The zero-order valence-corrected chi connectivity index (χ0v) is 6.64. The molecule has 17 valence electrons. The first-order valence-electron chi connectivity index (χ1n) is 0.500. The van der Waals surface area contributed by atoms with Crippen LogP contribution in [-0.4, -0.2) is 46.6 Å². The van der Waals surface area contributed by atoms with E-state index in [1.165, 1.54) is 43.2 Å². The van der Waals surface area contributed by atoms with Crippen LogP contribution in [0.25, 0.3) is 0 Å². The van der Waals surface area contributed by atoms with Gasteiger partial charge in [-0.05, 0) is 0 Å². The van der Waals surface area contributed by atoms with Gasteiger partial charge in [0.2, 0.25) is 0 Å². The SMILES string of the molecule is [LiH].[MgH2].[SiH3][Ce]. The molecular weight excluding hydrogens is 199 g/mol. The predicted molar refractivity (Wildman–Crippen MR) is 25.6 cm³/mol. The Balaban J connectivity index is -0.00000000500. The Bertz CT molecular complexity index is 8.00. The van der Waals surface area contributed by atoms with Gasteiger partial charge in [0, 0.05) is 0 Å². The molecular formula is H6CeLiMgSi. The van der Waals surface area contributed by atoms with Crippen LogP contribution in [0.4, 0.5) is 0 Å². The van der Waals surface area contributed by atoms with Crippen molar-refractivity contribution in [2.45, 2.75) is 0 Å². The minimum absolute atomic E-state index is 0. The monoisotopic (exact) mass is 205 g/mol. The molecule has 0 unspecified atom stereocenters. The third-order valence-electron chi connectivity index (χ3n) is 0. The average Bonchev–Trinajstić information content (AvgIpc) is 1.00. The van der Waals surface area contributed by atoms with Crippen LogP contribution in [0.1, 0.15) is 0 Å². The molecule has 4 heavy (non-hydrogen) atoms.